The first-order valence-electron chi connectivity index (χ1n) is 7.48. The van der Waals surface area contributed by atoms with Gasteiger partial charge in [0.1, 0.15) is 0 Å². The summed E-state index contributed by atoms with van der Waals surface area (Å²) in [4.78, 5) is 32.1. The van der Waals surface area contributed by atoms with Crippen LogP contribution in [0, 0.1) is 5.92 Å². The van der Waals surface area contributed by atoms with Gasteiger partial charge in [-0.25, -0.2) is 0 Å². The summed E-state index contributed by atoms with van der Waals surface area (Å²) in [6, 6.07) is 6.92. The fourth-order valence-corrected chi connectivity index (χ4v) is 3.27. The molecule has 8 heteroatoms. The maximum absolute atomic E-state index is 12.9. The lowest BCUT2D eigenvalue weighted by atomic mass is 9.92. The molecule has 1 aliphatic heterocycles. The van der Waals surface area contributed by atoms with Crippen molar-refractivity contribution in [1.29, 1.82) is 0 Å². The Morgan fingerprint density at radius 3 is 2.96 bits per heavy atom. The topological polar surface area (TPSA) is 79.5 Å². The van der Waals surface area contributed by atoms with Gasteiger partial charge in [-0.2, -0.15) is 4.98 Å². The Kier molecular flexibility index (Phi) is 4.53. The zero-order valence-electron chi connectivity index (χ0n) is 13.3. The molecule has 0 saturated carbocycles. The average Bonchev–Trinajstić information content (AvgIpc) is 3.15. The van der Waals surface area contributed by atoms with E-state index in [1.54, 1.807) is 31.1 Å². The molecule has 0 spiro atoms. The third-order valence-corrected chi connectivity index (χ3v) is 4.49. The first-order valence-corrected chi connectivity index (χ1v) is 7.86. The Morgan fingerprint density at radius 1 is 1.50 bits per heavy atom. The van der Waals surface area contributed by atoms with Crippen LogP contribution < -0.4 is 0 Å². The van der Waals surface area contributed by atoms with E-state index >= 15 is 0 Å². The lowest BCUT2D eigenvalue weighted by molar-refractivity contribution is -0.136. The molecule has 1 saturated heterocycles. The molecule has 0 unspecified atom stereocenters. The zero-order valence-corrected chi connectivity index (χ0v) is 14.1. The van der Waals surface area contributed by atoms with Gasteiger partial charge in [0, 0.05) is 25.5 Å². The molecule has 1 aliphatic rings. The van der Waals surface area contributed by atoms with E-state index in [-0.39, 0.29) is 30.8 Å². The zero-order chi connectivity index (χ0) is 17.3. The quantitative estimate of drug-likeness (QED) is 0.843. The number of amides is 2. The van der Waals surface area contributed by atoms with E-state index in [2.05, 4.69) is 14.7 Å². The fraction of sp³-hybridized carbons (Fsp3) is 0.375. The van der Waals surface area contributed by atoms with Gasteiger partial charge in [-0.1, -0.05) is 28.9 Å². The standard InChI is InChI=1S/C16H17ClN4O3/c1-20(8-13-18-9-24-19-13)16(23)12-7-14(22)21(2)15(12)10-4-3-5-11(17)6-10/h3-6,9,12,15H,7-8H2,1-2H3/t12-,15+/m1/s1. The molecule has 126 valence electrons. The maximum atomic E-state index is 12.9. The van der Waals surface area contributed by atoms with Crippen LogP contribution in [0.3, 0.4) is 0 Å². The van der Waals surface area contributed by atoms with Crippen molar-refractivity contribution in [3.8, 4) is 0 Å². The number of hydrogen-bond acceptors (Lipinski definition) is 5. The van der Waals surface area contributed by atoms with Crippen LogP contribution >= 0.6 is 11.6 Å². The Hall–Kier alpha value is -2.41. The predicted octanol–water partition coefficient (Wildman–Crippen LogP) is 1.90. The Bertz CT molecular complexity index is 750. The smallest absolute Gasteiger partial charge is 0.228 e. The van der Waals surface area contributed by atoms with Crippen molar-refractivity contribution >= 4 is 23.4 Å². The van der Waals surface area contributed by atoms with Crippen LogP contribution in [0.4, 0.5) is 0 Å². The molecule has 1 aromatic carbocycles. The molecular formula is C16H17ClN4O3. The molecule has 7 nitrogen and oxygen atoms in total. The highest BCUT2D eigenvalue weighted by Gasteiger charge is 2.43. The third kappa shape index (κ3) is 3.12. The Balaban J connectivity index is 1.84. The van der Waals surface area contributed by atoms with E-state index in [0.717, 1.165) is 5.56 Å². The maximum Gasteiger partial charge on any atom is 0.228 e. The van der Waals surface area contributed by atoms with Gasteiger partial charge < -0.3 is 14.3 Å². The van der Waals surface area contributed by atoms with Crippen molar-refractivity contribution in [1.82, 2.24) is 19.9 Å². The number of carbonyl (C=O) groups excluding carboxylic acids is 2. The normalized spacial score (nSPS) is 20.5. The number of benzene rings is 1. The van der Waals surface area contributed by atoms with Gasteiger partial charge in [0.05, 0.1) is 18.5 Å². The molecule has 1 fully saturated rings. The van der Waals surface area contributed by atoms with Gasteiger partial charge >= 0.3 is 0 Å². The van der Waals surface area contributed by atoms with E-state index in [1.807, 2.05) is 12.1 Å². The number of aromatic nitrogens is 2. The minimum absolute atomic E-state index is 0.0636. The number of rotatable bonds is 4. The van der Waals surface area contributed by atoms with Crippen LogP contribution in [0.15, 0.2) is 35.2 Å². The van der Waals surface area contributed by atoms with Gasteiger partial charge in [-0.05, 0) is 17.7 Å². The summed E-state index contributed by atoms with van der Waals surface area (Å²) >= 11 is 6.07. The molecule has 0 N–H and O–H groups in total. The van der Waals surface area contributed by atoms with Gasteiger partial charge in [-0.3, -0.25) is 9.59 Å². The molecule has 2 atom stereocenters. The van der Waals surface area contributed by atoms with Gasteiger partial charge in [0.15, 0.2) is 5.82 Å². The van der Waals surface area contributed by atoms with Gasteiger partial charge in [0.25, 0.3) is 0 Å². The molecule has 2 aromatic rings. The lowest BCUT2D eigenvalue weighted by Gasteiger charge is -2.27. The predicted molar refractivity (Wildman–Crippen MR) is 85.8 cm³/mol. The summed E-state index contributed by atoms with van der Waals surface area (Å²) < 4.78 is 4.68. The van der Waals surface area contributed by atoms with Crippen LogP contribution in [0.5, 0.6) is 0 Å². The second-order valence-corrected chi connectivity index (χ2v) is 6.29. The lowest BCUT2D eigenvalue weighted by Crippen LogP contribution is -2.36. The minimum atomic E-state index is -0.474. The van der Waals surface area contributed by atoms with E-state index in [1.165, 1.54) is 11.3 Å². The number of halogens is 1. The largest absolute Gasteiger partial charge is 0.343 e. The van der Waals surface area contributed by atoms with Crippen molar-refractivity contribution in [2.75, 3.05) is 14.1 Å². The van der Waals surface area contributed by atoms with E-state index in [4.69, 9.17) is 11.6 Å². The van der Waals surface area contributed by atoms with Crippen molar-refractivity contribution in [3.05, 3.63) is 47.1 Å². The van der Waals surface area contributed by atoms with Crippen LogP contribution in [0.25, 0.3) is 0 Å². The summed E-state index contributed by atoms with van der Waals surface area (Å²) in [7, 11) is 3.37. The number of carbonyl (C=O) groups is 2. The van der Waals surface area contributed by atoms with Crippen LogP contribution in [0.1, 0.15) is 23.9 Å². The van der Waals surface area contributed by atoms with Crippen molar-refractivity contribution in [2.24, 2.45) is 5.92 Å². The van der Waals surface area contributed by atoms with Crippen molar-refractivity contribution < 1.29 is 14.1 Å². The Labute approximate surface area is 144 Å². The SMILES string of the molecule is CN(Cc1ncon1)C(=O)[C@@H]1CC(=O)N(C)[C@H]1c1cccc(Cl)c1. The Morgan fingerprint density at radius 2 is 2.29 bits per heavy atom. The molecule has 0 radical (unpaired) electrons. The van der Waals surface area contributed by atoms with E-state index < -0.39 is 5.92 Å². The van der Waals surface area contributed by atoms with Gasteiger partial charge in [-0.15, -0.1) is 0 Å². The first-order chi connectivity index (χ1) is 11.5. The second kappa shape index (κ2) is 6.60. The second-order valence-electron chi connectivity index (χ2n) is 5.86. The first kappa shape index (κ1) is 16.4. The summed E-state index contributed by atoms with van der Waals surface area (Å²) in [6.45, 7) is 0.228. The minimum Gasteiger partial charge on any atom is -0.343 e. The van der Waals surface area contributed by atoms with E-state index in [9.17, 15) is 9.59 Å². The summed E-state index contributed by atoms with van der Waals surface area (Å²) in [5.41, 5.74) is 0.849. The molecule has 24 heavy (non-hydrogen) atoms. The number of nitrogens with zero attached hydrogens (tertiary/aromatic N) is 4. The molecule has 2 amide bonds. The van der Waals surface area contributed by atoms with Crippen LogP contribution in [-0.4, -0.2) is 45.9 Å². The fourth-order valence-electron chi connectivity index (χ4n) is 3.07. The highest BCUT2D eigenvalue weighted by atomic mass is 35.5. The summed E-state index contributed by atoms with van der Waals surface area (Å²) in [6.07, 6.45) is 1.39. The van der Waals surface area contributed by atoms with Crippen molar-refractivity contribution in [2.45, 2.75) is 19.0 Å². The number of hydrogen-bond donors (Lipinski definition) is 0. The van der Waals surface area contributed by atoms with E-state index in [0.29, 0.717) is 10.8 Å². The summed E-state index contributed by atoms with van der Waals surface area (Å²) in [5.74, 6) is -0.255. The number of likely N-dealkylation sites (tertiary alicyclic amines) is 1. The highest BCUT2D eigenvalue weighted by molar-refractivity contribution is 6.30. The van der Waals surface area contributed by atoms with Gasteiger partial charge in [0.2, 0.25) is 18.2 Å². The monoisotopic (exact) mass is 348 g/mol. The van der Waals surface area contributed by atoms with Crippen LogP contribution in [-0.2, 0) is 16.1 Å². The third-order valence-electron chi connectivity index (χ3n) is 4.26. The molecule has 0 bridgehead atoms. The molecule has 2 heterocycles. The molecular weight excluding hydrogens is 332 g/mol. The molecule has 3 rings (SSSR count). The summed E-state index contributed by atoms with van der Waals surface area (Å²) in [5, 5.41) is 4.28. The molecule has 1 aromatic heterocycles. The average molecular weight is 349 g/mol. The van der Waals surface area contributed by atoms with Crippen molar-refractivity contribution in [3.63, 3.8) is 0 Å². The highest BCUT2D eigenvalue weighted by Crippen LogP contribution is 2.38. The van der Waals surface area contributed by atoms with Crippen LogP contribution in [0.2, 0.25) is 5.02 Å². The molecule has 0 aliphatic carbocycles.